The Labute approximate surface area is 635 Å². The molecule has 31 nitrogen and oxygen atoms in total. The zero-order valence-electron chi connectivity index (χ0n) is 62.1. The van der Waals surface area contributed by atoms with E-state index in [9.17, 15) is 55.5 Å². The molecule has 9 aromatic rings. The number of nitrogens with zero attached hydrogens (tertiary/aromatic N) is 15. The number of hydrogen-bond acceptors (Lipinski definition) is 24. The van der Waals surface area contributed by atoms with Crippen molar-refractivity contribution in [2.75, 3.05) is 22.9 Å². The number of pyridine rings is 3. The Balaban J connectivity index is 0.000000220. The van der Waals surface area contributed by atoms with Crippen LogP contribution in [-0.4, -0.2) is 57.5 Å². The van der Waals surface area contributed by atoms with Gasteiger partial charge in [0, 0.05) is 126 Å². The van der Waals surface area contributed by atoms with Crippen LogP contribution in [0.3, 0.4) is 0 Å². The van der Waals surface area contributed by atoms with Gasteiger partial charge in [0.15, 0.2) is 18.2 Å². The van der Waals surface area contributed by atoms with Crippen molar-refractivity contribution in [1.29, 1.82) is 5.26 Å². The van der Waals surface area contributed by atoms with E-state index in [1.165, 1.54) is 65.7 Å². The third-order valence-electron chi connectivity index (χ3n) is 18.2. The fourth-order valence-electron chi connectivity index (χ4n) is 12.0. The molecule has 0 atom stereocenters. The zero-order valence-corrected chi connectivity index (χ0v) is 63.9. The number of aryl methyl sites for hydroxylation is 2. The zero-order chi connectivity index (χ0) is 79.2. The van der Waals surface area contributed by atoms with E-state index in [4.69, 9.17) is 34.0 Å². The Morgan fingerprint density at radius 1 is 0.657 bits per heavy atom. The molecule has 4 aromatic carbocycles. The summed E-state index contributed by atoms with van der Waals surface area (Å²) in [6.45, 7) is 33.9. The molecule has 108 heavy (non-hydrogen) atoms. The summed E-state index contributed by atoms with van der Waals surface area (Å²) in [7, 11) is -0.860. The van der Waals surface area contributed by atoms with Crippen LogP contribution >= 0.6 is 0 Å². The average molecular weight is 1550 g/mol. The Hall–Kier alpha value is -11.5. The maximum Gasteiger partial charge on any atom is 0.374 e. The van der Waals surface area contributed by atoms with Gasteiger partial charge in [0.05, 0.1) is 28.6 Å². The van der Waals surface area contributed by atoms with Crippen molar-refractivity contribution in [2.24, 2.45) is 34.6 Å². The van der Waals surface area contributed by atoms with Gasteiger partial charge >= 0.3 is 11.8 Å². The van der Waals surface area contributed by atoms with Crippen LogP contribution in [-0.2, 0) is 54.8 Å². The Kier molecular flexibility index (Phi) is 29.0. The first-order valence-electron chi connectivity index (χ1n) is 34.0. The van der Waals surface area contributed by atoms with Gasteiger partial charge in [-0.15, -0.1) is 30.7 Å². The average Bonchev–Trinajstić information content (AvgIpc) is 1.57. The van der Waals surface area contributed by atoms with E-state index in [1.807, 2.05) is 46.3 Å². The molecule has 0 saturated heterocycles. The molecule has 0 bridgehead atoms. The summed E-state index contributed by atoms with van der Waals surface area (Å²) in [5, 5.41) is 89.3. The number of benzene rings is 4. The van der Waals surface area contributed by atoms with Crippen molar-refractivity contribution in [1.82, 2.24) is 14.1 Å². The number of nitro benzene ring substituents is 2. The summed E-state index contributed by atoms with van der Waals surface area (Å²) >= 11 is 0. The number of non-ortho nitro benzene ring substituents is 2. The van der Waals surface area contributed by atoms with Crippen molar-refractivity contribution in [3.8, 4) is 29.3 Å². The van der Waals surface area contributed by atoms with Gasteiger partial charge in [-0.3, -0.25) is 39.0 Å². The van der Waals surface area contributed by atoms with Crippen molar-refractivity contribution >= 4 is 74.2 Å². The number of anilines is 2. The normalized spacial score (nSPS) is 13.8. The molecule has 7 heterocycles. The summed E-state index contributed by atoms with van der Waals surface area (Å²) in [6, 6.07) is 25.7. The minimum Gasteiger partial charge on any atom is -0.506 e. The molecule has 0 spiro atoms. The molecule has 2 aliphatic rings. The number of aromatic hydroxyl groups is 4. The molecule has 0 aliphatic carbocycles. The second kappa shape index (κ2) is 36.7. The summed E-state index contributed by atoms with van der Waals surface area (Å²) < 4.78 is 51.8. The molecule has 4 N–H and O–H groups in total. The minimum absolute atomic E-state index is 0. The van der Waals surface area contributed by atoms with E-state index in [0.29, 0.717) is 12.8 Å². The number of likely N-dealkylation sites (N-methyl/N-ethyl adjacent to an activating group) is 1. The first-order chi connectivity index (χ1) is 50.5. The largest absolute Gasteiger partial charge is 0.506 e. The van der Waals surface area contributed by atoms with Crippen LogP contribution < -0.4 is 48.7 Å². The Morgan fingerprint density at radius 2 is 1.13 bits per heavy atom. The van der Waals surface area contributed by atoms with E-state index in [0.717, 1.165) is 100 Å². The van der Waals surface area contributed by atoms with Gasteiger partial charge in [-0.05, 0) is 86.2 Å². The predicted octanol–water partition coefficient (Wildman–Crippen LogP) is 11.5. The maximum atomic E-state index is 12.3. The fourth-order valence-corrected chi connectivity index (χ4v) is 12.0. The molecule has 571 valence electrons. The van der Waals surface area contributed by atoms with Crippen LogP contribution in [0.5, 0.6) is 23.3 Å². The van der Waals surface area contributed by atoms with Crippen LogP contribution in [0, 0.1) is 76.1 Å². The van der Waals surface area contributed by atoms with E-state index >= 15 is 0 Å². The Bertz CT molecular complexity index is 4980. The number of halogens is 1. The van der Waals surface area contributed by atoms with Crippen molar-refractivity contribution < 1.29 is 93.9 Å². The summed E-state index contributed by atoms with van der Waals surface area (Å²) in [6.07, 6.45) is 14.9. The minimum atomic E-state index is -4.94. The number of aromatic nitrogens is 5. The third-order valence-corrected chi connectivity index (χ3v) is 18.2. The molecule has 1 radical (unpaired) electrons. The third kappa shape index (κ3) is 19.2. The van der Waals surface area contributed by atoms with Crippen LogP contribution in [0.15, 0.2) is 154 Å². The summed E-state index contributed by atoms with van der Waals surface area (Å²) in [5.74, 6) is 1.22. The van der Waals surface area contributed by atoms with Crippen molar-refractivity contribution in [2.45, 2.75) is 146 Å². The number of allylic oxidation sites excluding steroid dienone is 2. The number of azo groups is 2. The number of phenols is 2. The Morgan fingerprint density at radius 3 is 1.58 bits per heavy atom. The standard InChI is InChI=1S/C24H29N2O.2C17H17N5O5.C17H22N3O.ClHO4.Co/c1-6-7-14-26-20-13-12-18-10-8-9-11-19(18)23(20)24(3,4)21(26)15-22-25(5)17(2)16-27-22;1-4-5-8-21-16(24)14(18-3)10(2)15(17(21)25)20-19-12-9-11(22(26)27)6-7-13(12)23;1-3-4-7-21-16(24)12(9-18)10(2)15(17(21)25)20-19-13-8-11(22(26)27)5-6-14(13)23;1-6-20-14(10-15-19(5)12(2)11-21-15)17(3,4)13-8-7-9-18-16(13)20;2-1(3,4)5;/h8-13,15-16H,6-7,14H2,1-5H3;6-7,9,23,25H,4-5,8H2,1-2H3;5-6,8,23,25H,3-4,7H2,1-2H3;7-11H,6H2,1-5H3;(H,2,3,4,5);/q+1;;;+1;;/p-1. The van der Waals surface area contributed by atoms with Crippen molar-refractivity contribution in [3.05, 3.63) is 218 Å². The van der Waals surface area contributed by atoms with Crippen molar-refractivity contribution in [3.63, 3.8) is 0 Å². The smallest absolute Gasteiger partial charge is 0.374 e. The monoisotopic (exact) mass is 1550 g/mol. The van der Waals surface area contributed by atoms with Crippen LogP contribution in [0.4, 0.5) is 51.3 Å². The molecular formula is C75H85ClCoN15O16+. The number of fused-ring (bicyclic) bond motifs is 4. The van der Waals surface area contributed by atoms with Crippen LogP contribution in [0.1, 0.15) is 145 Å². The summed E-state index contributed by atoms with van der Waals surface area (Å²) in [5.41, 5.74) is 6.09. The molecular weight excluding hydrogens is 1460 g/mol. The van der Waals surface area contributed by atoms with Gasteiger partial charge in [-0.2, -0.15) is 14.4 Å². The number of nitro groups is 2. The number of phenolic OH excluding ortho intramolecular Hbond substituents is 2. The van der Waals surface area contributed by atoms with Crippen LogP contribution in [0.25, 0.3) is 27.8 Å². The van der Waals surface area contributed by atoms with E-state index in [-0.39, 0.29) is 109 Å². The molecule has 0 amide bonds. The number of rotatable bonds is 18. The number of unbranched alkanes of at least 4 members (excludes halogenated alkanes) is 3. The predicted molar refractivity (Wildman–Crippen MR) is 388 cm³/mol. The number of oxazole rings is 2. The molecule has 33 heteroatoms. The SMILES string of the molecule is CCCCN1C(=Cc2occ(C)[n+]2C)C(C)(C)c2c1ccc1ccccc21.CCCCn1c(O)c(N=Nc2cc([N+](=O)[O-])ccc2O)c(C)c(C#N)c1=O.CCN1C(=Cc2occ(C)[n+]2C)C(C)(C)c2cccnc21.[C-]#[N+]c1c(C)c(N=Nc2cc([N+](=O)[O-])ccc2O)c(O)n(CCCC)c1=O.[Co].[O-][Cl+3]([O-])([O-])[O-]. The molecule has 5 aromatic heterocycles. The second-order valence-corrected chi connectivity index (χ2v) is 26.7. The first kappa shape index (κ1) is 85.4. The topological polar surface area (TPSA) is 434 Å². The molecule has 0 unspecified atom stereocenters. The quantitative estimate of drug-likeness (QED) is 0.0204. The van der Waals surface area contributed by atoms with Gasteiger partial charge < -0.3 is 39.1 Å². The number of nitriles is 1. The molecule has 0 saturated carbocycles. The van der Waals surface area contributed by atoms with Gasteiger partial charge in [0.2, 0.25) is 23.1 Å². The fraction of sp³-hybridized carbons (Fsp3) is 0.347. The van der Waals surface area contributed by atoms with Gasteiger partial charge in [-0.25, -0.2) is 28.5 Å². The summed E-state index contributed by atoms with van der Waals surface area (Å²) in [4.78, 5) is 57.7. The van der Waals surface area contributed by atoms with Gasteiger partial charge in [0.1, 0.15) is 60.1 Å². The molecule has 11 rings (SSSR count). The van der Waals surface area contributed by atoms with Gasteiger partial charge in [0.25, 0.3) is 28.2 Å². The van der Waals surface area contributed by atoms with E-state index in [2.05, 4.69) is 159 Å². The van der Waals surface area contributed by atoms with E-state index < -0.39 is 43.0 Å². The van der Waals surface area contributed by atoms with Gasteiger partial charge in [-0.1, -0.05) is 104 Å². The maximum absolute atomic E-state index is 12.3. The first-order valence-corrected chi connectivity index (χ1v) is 35.2. The number of hydrogen-bond donors (Lipinski definition) is 4. The second-order valence-electron chi connectivity index (χ2n) is 26.0. The van der Waals surface area contributed by atoms with E-state index in [1.54, 1.807) is 12.3 Å². The molecule has 2 aliphatic heterocycles. The van der Waals surface area contributed by atoms with Crippen LogP contribution in [0.2, 0.25) is 0 Å². The molecule has 0 fully saturated rings.